The van der Waals surface area contributed by atoms with Crippen molar-refractivity contribution < 1.29 is 0 Å². The summed E-state index contributed by atoms with van der Waals surface area (Å²) >= 11 is 0. The quantitative estimate of drug-likeness (QED) is 0.844. The van der Waals surface area contributed by atoms with E-state index in [0.29, 0.717) is 6.04 Å². The minimum absolute atomic E-state index is 0.447. The SMILES string of the molecule is NC(CN1CCC2(CCCCC2)CC1)C1CCCC1. The van der Waals surface area contributed by atoms with E-state index in [1.54, 1.807) is 0 Å². The molecule has 0 bridgehead atoms. The van der Waals surface area contributed by atoms with Crippen molar-refractivity contribution in [1.82, 2.24) is 4.90 Å². The van der Waals surface area contributed by atoms with E-state index in [1.807, 2.05) is 0 Å². The molecule has 0 aromatic carbocycles. The third-order valence-corrected chi connectivity index (χ3v) is 6.31. The maximum Gasteiger partial charge on any atom is 0.0196 e. The van der Waals surface area contributed by atoms with Gasteiger partial charge in [-0.1, -0.05) is 32.1 Å². The van der Waals surface area contributed by atoms with Crippen LogP contribution in [0.1, 0.15) is 70.6 Å². The van der Waals surface area contributed by atoms with Gasteiger partial charge in [-0.2, -0.15) is 0 Å². The lowest BCUT2D eigenvalue weighted by molar-refractivity contribution is 0.0617. The van der Waals surface area contributed by atoms with Gasteiger partial charge in [-0.05, 0) is 62.9 Å². The lowest BCUT2D eigenvalue weighted by atomic mass is 9.68. The molecule has 2 nitrogen and oxygen atoms in total. The van der Waals surface area contributed by atoms with Crippen molar-refractivity contribution in [3.05, 3.63) is 0 Å². The van der Waals surface area contributed by atoms with E-state index in [2.05, 4.69) is 4.90 Å². The van der Waals surface area contributed by atoms with Crippen LogP contribution in [-0.2, 0) is 0 Å². The Morgan fingerprint density at radius 3 is 2.16 bits per heavy atom. The second kappa shape index (κ2) is 6.13. The lowest BCUT2D eigenvalue weighted by Crippen LogP contribution is -2.47. The largest absolute Gasteiger partial charge is 0.326 e. The molecule has 0 aromatic heterocycles. The van der Waals surface area contributed by atoms with Crippen LogP contribution in [0.25, 0.3) is 0 Å². The first-order chi connectivity index (χ1) is 9.27. The zero-order valence-electron chi connectivity index (χ0n) is 12.6. The summed E-state index contributed by atoms with van der Waals surface area (Å²) < 4.78 is 0. The average Bonchev–Trinajstić information content (AvgIpc) is 2.97. The molecule has 19 heavy (non-hydrogen) atoms. The number of nitrogens with zero attached hydrogens (tertiary/aromatic N) is 1. The van der Waals surface area contributed by atoms with Gasteiger partial charge in [0.15, 0.2) is 0 Å². The highest BCUT2D eigenvalue weighted by Gasteiger charge is 2.36. The normalized spacial score (nSPS) is 30.8. The van der Waals surface area contributed by atoms with Gasteiger partial charge in [0.05, 0.1) is 0 Å². The van der Waals surface area contributed by atoms with Crippen molar-refractivity contribution in [2.45, 2.75) is 76.7 Å². The fourth-order valence-corrected chi connectivity index (χ4v) is 4.84. The molecule has 1 aliphatic heterocycles. The van der Waals surface area contributed by atoms with Gasteiger partial charge in [0.1, 0.15) is 0 Å². The maximum atomic E-state index is 6.44. The van der Waals surface area contributed by atoms with Gasteiger partial charge >= 0.3 is 0 Å². The van der Waals surface area contributed by atoms with E-state index in [9.17, 15) is 0 Å². The highest BCUT2D eigenvalue weighted by Crippen LogP contribution is 2.44. The molecule has 0 amide bonds. The topological polar surface area (TPSA) is 29.3 Å². The van der Waals surface area contributed by atoms with Gasteiger partial charge in [-0.3, -0.25) is 0 Å². The third-order valence-electron chi connectivity index (χ3n) is 6.31. The van der Waals surface area contributed by atoms with Crippen LogP contribution in [0.4, 0.5) is 0 Å². The van der Waals surface area contributed by atoms with Crippen LogP contribution >= 0.6 is 0 Å². The summed E-state index contributed by atoms with van der Waals surface area (Å²) in [6.07, 6.45) is 16.0. The van der Waals surface area contributed by atoms with Crippen LogP contribution in [0.15, 0.2) is 0 Å². The highest BCUT2D eigenvalue weighted by atomic mass is 15.1. The summed E-state index contributed by atoms with van der Waals surface area (Å²) in [4.78, 5) is 2.67. The summed E-state index contributed by atoms with van der Waals surface area (Å²) in [6, 6.07) is 0.447. The summed E-state index contributed by atoms with van der Waals surface area (Å²) in [6.45, 7) is 3.81. The molecule has 2 N–H and O–H groups in total. The Morgan fingerprint density at radius 1 is 0.895 bits per heavy atom. The smallest absolute Gasteiger partial charge is 0.0196 e. The molecule has 2 saturated carbocycles. The van der Waals surface area contributed by atoms with Crippen LogP contribution < -0.4 is 5.73 Å². The monoisotopic (exact) mass is 264 g/mol. The Hall–Kier alpha value is -0.0800. The molecule has 1 unspecified atom stereocenters. The first kappa shape index (κ1) is 13.9. The highest BCUT2D eigenvalue weighted by molar-refractivity contribution is 4.90. The van der Waals surface area contributed by atoms with Crippen molar-refractivity contribution >= 4 is 0 Å². The van der Waals surface area contributed by atoms with Crippen molar-refractivity contribution in [2.24, 2.45) is 17.1 Å². The summed E-state index contributed by atoms with van der Waals surface area (Å²) in [5.41, 5.74) is 7.18. The molecular formula is C17H32N2. The van der Waals surface area contributed by atoms with E-state index < -0.39 is 0 Å². The van der Waals surface area contributed by atoms with Gasteiger partial charge in [0, 0.05) is 12.6 Å². The van der Waals surface area contributed by atoms with Crippen molar-refractivity contribution in [3.63, 3.8) is 0 Å². The van der Waals surface area contributed by atoms with Gasteiger partial charge in [-0.15, -0.1) is 0 Å². The molecule has 0 aromatic rings. The van der Waals surface area contributed by atoms with Gasteiger partial charge in [0.2, 0.25) is 0 Å². The Balaban J connectivity index is 1.44. The zero-order valence-corrected chi connectivity index (χ0v) is 12.6. The summed E-state index contributed by atoms with van der Waals surface area (Å²) in [7, 11) is 0. The van der Waals surface area contributed by atoms with Crippen LogP contribution in [0.5, 0.6) is 0 Å². The average molecular weight is 264 g/mol. The Morgan fingerprint density at radius 2 is 1.53 bits per heavy atom. The molecule has 3 fully saturated rings. The number of piperidine rings is 1. The minimum Gasteiger partial charge on any atom is -0.326 e. The van der Waals surface area contributed by atoms with E-state index in [1.165, 1.54) is 90.3 Å². The number of hydrogen-bond donors (Lipinski definition) is 1. The summed E-state index contributed by atoms with van der Waals surface area (Å²) in [5, 5.41) is 0. The number of hydrogen-bond acceptors (Lipinski definition) is 2. The molecule has 2 aliphatic carbocycles. The number of likely N-dealkylation sites (tertiary alicyclic amines) is 1. The first-order valence-electron chi connectivity index (χ1n) is 8.75. The Labute approximate surface area is 119 Å². The van der Waals surface area contributed by atoms with Gasteiger partial charge in [-0.25, -0.2) is 0 Å². The molecule has 110 valence electrons. The van der Waals surface area contributed by atoms with E-state index in [-0.39, 0.29) is 0 Å². The van der Waals surface area contributed by atoms with Crippen LogP contribution in [0.2, 0.25) is 0 Å². The summed E-state index contributed by atoms with van der Waals surface area (Å²) in [5.74, 6) is 0.825. The molecule has 1 atom stereocenters. The van der Waals surface area contributed by atoms with E-state index >= 15 is 0 Å². The van der Waals surface area contributed by atoms with Crippen molar-refractivity contribution in [3.8, 4) is 0 Å². The minimum atomic E-state index is 0.447. The fourth-order valence-electron chi connectivity index (χ4n) is 4.84. The van der Waals surface area contributed by atoms with Gasteiger partial charge in [0.25, 0.3) is 0 Å². The van der Waals surface area contributed by atoms with E-state index in [4.69, 9.17) is 5.73 Å². The second-order valence-corrected chi connectivity index (χ2v) is 7.57. The van der Waals surface area contributed by atoms with Crippen LogP contribution in [-0.4, -0.2) is 30.6 Å². The van der Waals surface area contributed by atoms with Gasteiger partial charge < -0.3 is 10.6 Å². The fraction of sp³-hybridized carbons (Fsp3) is 1.00. The van der Waals surface area contributed by atoms with Crippen LogP contribution in [0.3, 0.4) is 0 Å². The molecule has 3 aliphatic rings. The molecule has 1 spiro atoms. The second-order valence-electron chi connectivity index (χ2n) is 7.57. The lowest BCUT2D eigenvalue weighted by Gasteiger charge is -2.45. The molecular weight excluding hydrogens is 232 g/mol. The van der Waals surface area contributed by atoms with Crippen LogP contribution in [0, 0.1) is 11.3 Å². The molecule has 0 radical (unpaired) electrons. The van der Waals surface area contributed by atoms with E-state index in [0.717, 1.165) is 11.3 Å². The molecule has 1 saturated heterocycles. The standard InChI is InChI=1S/C17H32N2/c18-16(15-6-2-3-7-15)14-19-12-10-17(11-13-19)8-4-1-5-9-17/h15-16H,1-14,18H2. The molecule has 2 heteroatoms. The van der Waals surface area contributed by atoms with Crippen molar-refractivity contribution in [2.75, 3.05) is 19.6 Å². The number of rotatable bonds is 3. The maximum absolute atomic E-state index is 6.44. The predicted molar refractivity (Wildman–Crippen MR) is 81.1 cm³/mol. The Kier molecular flexibility index (Phi) is 4.48. The van der Waals surface area contributed by atoms with Crippen molar-refractivity contribution in [1.29, 1.82) is 0 Å². The third kappa shape index (κ3) is 3.33. The zero-order chi connectivity index (χ0) is 13.1. The molecule has 3 rings (SSSR count). The Bertz CT molecular complexity index is 267. The number of nitrogens with two attached hydrogens (primary N) is 1. The predicted octanol–water partition coefficient (Wildman–Crippen LogP) is 3.55. The first-order valence-corrected chi connectivity index (χ1v) is 8.75. The molecule has 1 heterocycles.